The van der Waals surface area contributed by atoms with Gasteiger partial charge in [-0.25, -0.2) is 0 Å². The Morgan fingerprint density at radius 3 is 2.43 bits per heavy atom. The van der Waals surface area contributed by atoms with Crippen LogP contribution in [0.1, 0.15) is 40.0 Å². The molecule has 0 fully saturated rings. The quantitative estimate of drug-likeness (QED) is 0.658. The van der Waals surface area contributed by atoms with Crippen LogP contribution in [-0.4, -0.2) is 28.8 Å². The molecule has 14 heavy (non-hydrogen) atoms. The molecule has 0 rings (SSSR count). The summed E-state index contributed by atoms with van der Waals surface area (Å²) in [7, 11) is 0. The first-order valence-electron chi connectivity index (χ1n) is 5.63. The molecule has 0 heterocycles. The van der Waals surface area contributed by atoms with Gasteiger partial charge in [-0.05, 0) is 24.5 Å². The van der Waals surface area contributed by atoms with E-state index in [2.05, 4.69) is 20.8 Å². The fourth-order valence-electron chi connectivity index (χ4n) is 1.40. The highest BCUT2D eigenvalue weighted by Gasteiger charge is 2.16. The van der Waals surface area contributed by atoms with Crippen molar-refractivity contribution in [1.82, 2.24) is 0 Å². The maximum Gasteiger partial charge on any atom is 0.0464 e. The van der Waals surface area contributed by atoms with Gasteiger partial charge in [0.15, 0.2) is 0 Å². The lowest BCUT2D eigenvalue weighted by atomic mass is 10.1. The van der Waals surface area contributed by atoms with Crippen LogP contribution in [0.3, 0.4) is 0 Å². The monoisotopic (exact) mass is 219 g/mol. The average Bonchev–Trinajstić information content (AvgIpc) is 2.18. The minimum Gasteiger partial charge on any atom is -0.396 e. The number of nitrogens with two attached hydrogens (primary N) is 1. The fourth-order valence-corrected chi connectivity index (χ4v) is 2.70. The highest BCUT2D eigenvalue weighted by atomic mass is 32.2. The molecular weight excluding hydrogens is 194 g/mol. The topological polar surface area (TPSA) is 46.2 Å². The first kappa shape index (κ1) is 14.3. The maximum absolute atomic E-state index is 8.92. The van der Waals surface area contributed by atoms with Gasteiger partial charge in [0.2, 0.25) is 0 Å². The lowest BCUT2D eigenvalue weighted by Crippen LogP contribution is -2.32. The Morgan fingerprint density at radius 1 is 1.36 bits per heavy atom. The Labute approximate surface area is 92.6 Å². The van der Waals surface area contributed by atoms with E-state index in [-0.39, 0.29) is 6.61 Å². The highest BCUT2D eigenvalue weighted by Crippen LogP contribution is 2.22. The second-order valence-electron chi connectivity index (χ2n) is 4.02. The molecule has 0 aliphatic carbocycles. The van der Waals surface area contributed by atoms with Gasteiger partial charge in [-0.1, -0.05) is 27.2 Å². The summed E-state index contributed by atoms with van der Waals surface area (Å²) in [6.45, 7) is 6.72. The van der Waals surface area contributed by atoms with Gasteiger partial charge < -0.3 is 10.8 Å². The molecule has 2 nitrogen and oxygen atoms in total. The lowest BCUT2D eigenvalue weighted by molar-refractivity contribution is 0.250. The molecule has 0 spiro atoms. The van der Waals surface area contributed by atoms with Crippen molar-refractivity contribution in [1.29, 1.82) is 0 Å². The van der Waals surface area contributed by atoms with Gasteiger partial charge in [0.1, 0.15) is 0 Å². The smallest absolute Gasteiger partial charge is 0.0464 e. The zero-order valence-corrected chi connectivity index (χ0v) is 10.5. The van der Waals surface area contributed by atoms with Crippen LogP contribution >= 0.6 is 11.8 Å². The lowest BCUT2D eigenvalue weighted by Gasteiger charge is -2.22. The molecule has 0 saturated heterocycles. The van der Waals surface area contributed by atoms with E-state index in [1.54, 1.807) is 0 Å². The summed E-state index contributed by atoms with van der Waals surface area (Å²) in [5.41, 5.74) is 6.08. The van der Waals surface area contributed by atoms with Gasteiger partial charge in [-0.2, -0.15) is 11.8 Å². The fraction of sp³-hybridized carbons (Fsp3) is 1.00. The van der Waals surface area contributed by atoms with Crippen LogP contribution in [0.5, 0.6) is 0 Å². The van der Waals surface area contributed by atoms with Gasteiger partial charge >= 0.3 is 0 Å². The van der Waals surface area contributed by atoms with Gasteiger partial charge in [-0.15, -0.1) is 0 Å². The summed E-state index contributed by atoms with van der Waals surface area (Å²) in [5, 5.41) is 9.48. The van der Waals surface area contributed by atoms with Crippen LogP contribution in [0.15, 0.2) is 0 Å². The van der Waals surface area contributed by atoms with Crippen molar-refractivity contribution in [3.05, 3.63) is 0 Å². The predicted octanol–water partition coefficient (Wildman–Crippen LogP) is 2.25. The SMILES string of the molecule is CCCC(N)C(CC)SCC(C)CO. The number of hydrogen-bond acceptors (Lipinski definition) is 3. The Balaban J connectivity index is 3.77. The maximum atomic E-state index is 8.92. The van der Waals surface area contributed by atoms with E-state index in [0.29, 0.717) is 17.2 Å². The number of rotatable bonds is 8. The van der Waals surface area contributed by atoms with Gasteiger partial charge in [-0.3, -0.25) is 0 Å². The standard InChI is InChI=1S/C11H25NOS/c1-4-6-10(12)11(5-2)14-8-9(3)7-13/h9-11,13H,4-8,12H2,1-3H3. The average molecular weight is 219 g/mol. The molecule has 0 amide bonds. The molecule has 0 saturated carbocycles. The Kier molecular flexibility index (Phi) is 8.73. The van der Waals surface area contributed by atoms with Crippen molar-refractivity contribution >= 4 is 11.8 Å². The molecule has 0 aromatic heterocycles. The Hall–Kier alpha value is 0.270. The van der Waals surface area contributed by atoms with E-state index < -0.39 is 0 Å². The van der Waals surface area contributed by atoms with Crippen LogP contribution in [0.2, 0.25) is 0 Å². The molecular formula is C11H25NOS. The van der Waals surface area contributed by atoms with E-state index in [9.17, 15) is 0 Å². The van der Waals surface area contributed by atoms with Crippen molar-refractivity contribution < 1.29 is 5.11 Å². The summed E-state index contributed by atoms with van der Waals surface area (Å²) in [5.74, 6) is 1.41. The van der Waals surface area contributed by atoms with Gasteiger partial charge in [0.25, 0.3) is 0 Å². The van der Waals surface area contributed by atoms with E-state index in [0.717, 1.165) is 25.0 Å². The normalized spacial score (nSPS) is 17.8. The van der Waals surface area contributed by atoms with Crippen LogP contribution < -0.4 is 5.73 Å². The minimum atomic E-state index is 0.284. The van der Waals surface area contributed by atoms with Crippen molar-refractivity contribution in [2.45, 2.75) is 51.3 Å². The third-order valence-electron chi connectivity index (χ3n) is 2.41. The van der Waals surface area contributed by atoms with Crippen molar-refractivity contribution in [2.24, 2.45) is 11.7 Å². The molecule has 3 unspecified atom stereocenters. The van der Waals surface area contributed by atoms with Crippen molar-refractivity contribution in [2.75, 3.05) is 12.4 Å². The number of thioether (sulfide) groups is 1. The molecule has 0 aromatic rings. The van der Waals surface area contributed by atoms with Crippen LogP contribution in [0.25, 0.3) is 0 Å². The number of hydrogen-bond donors (Lipinski definition) is 2. The second-order valence-corrected chi connectivity index (χ2v) is 5.29. The molecule has 3 N–H and O–H groups in total. The zero-order valence-electron chi connectivity index (χ0n) is 9.70. The minimum absolute atomic E-state index is 0.284. The Bertz CT molecular complexity index is 132. The summed E-state index contributed by atoms with van der Waals surface area (Å²) in [6.07, 6.45) is 3.40. The number of aliphatic hydroxyl groups is 1. The molecule has 0 aliphatic heterocycles. The molecule has 0 aliphatic rings. The molecule has 3 atom stereocenters. The third kappa shape index (κ3) is 5.89. The van der Waals surface area contributed by atoms with Gasteiger partial charge in [0.05, 0.1) is 0 Å². The number of aliphatic hydroxyl groups excluding tert-OH is 1. The largest absolute Gasteiger partial charge is 0.396 e. The first-order valence-corrected chi connectivity index (χ1v) is 6.68. The van der Waals surface area contributed by atoms with E-state index in [1.165, 1.54) is 0 Å². The van der Waals surface area contributed by atoms with Crippen molar-refractivity contribution in [3.8, 4) is 0 Å². The van der Waals surface area contributed by atoms with Gasteiger partial charge in [0, 0.05) is 17.9 Å². The Morgan fingerprint density at radius 2 is 2.00 bits per heavy atom. The van der Waals surface area contributed by atoms with E-state index in [4.69, 9.17) is 10.8 Å². The predicted molar refractivity (Wildman–Crippen MR) is 65.7 cm³/mol. The molecule has 0 radical (unpaired) electrons. The molecule has 0 aromatic carbocycles. The third-order valence-corrected chi connectivity index (χ3v) is 4.28. The van der Waals surface area contributed by atoms with Crippen molar-refractivity contribution in [3.63, 3.8) is 0 Å². The van der Waals surface area contributed by atoms with Crippen LogP contribution in [-0.2, 0) is 0 Å². The zero-order chi connectivity index (χ0) is 11.0. The summed E-state index contributed by atoms with van der Waals surface area (Å²) in [6, 6.07) is 0.320. The summed E-state index contributed by atoms with van der Waals surface area (Å²) < 4.78 is 0. The summed E-state index contributed by atoms with van der Waals surface area (Å²) in [4.78, 5) is 0. The second kappa shape index (κ2) is 8.57. The van der Waals surface area contributed by atoms with E-state index >= 15 is 0 Å². The van der Waals surface area contributed by atoms with Crippen LogP contribution in [0, 0.1) is 5.92 Å². The van der Waals surface area contributed by atoms with E-state index in [1.807, 2.05) is 11.8 Å². The highest BCUT2D eigenvalue weighted by molar-refractivity contribution is 7.99. The summed E-state index contributed by atoms with van der Waals surface area (Å²) >= 11 is 1.92. The molecule has 0 bridgehead atoms. The molecule has 86 valence electrons. The molecule has 3 heteroatoms. The van der Waals surface area contributed by atoms with Crippen LogP contribution in [0.4, 0.5) is 0 Å². The first-order chi connectivity index (χ1) is 6.65.